The first-order valence-electron chi connectivity index (χ1n) is 9.70. The Balaban J connectivity index is 1.51. The third kappa shape index (κ3) is 4.38. The second kappa shape index (κ2) is 8.04. The molecule has 0 aromatic heterocycles. The number of nitrogens with one attached hydrogen (secondary N) is 2. The first-order valence-corrected chi connectivity index (χ1v) is 9.70. The van der Waals surface area contributed by atoms with E-state index in [0.29, 0.717) is 18.4 Å². The van der Waals surface area contributed by atoms with Crippen molar-refractivity contribution in [1.29, 1.82) is 0 Å². The van der Waals surface area contributed by atoms with Gasteiger partial charge in [0.05, 0.1) is 5.56 Å². The fourth-order valence-electron chi connectivity index (χ4n) is 4.05. The maximum atomic E-state index is 12.8. The minimum absolute atomic E-state index is 0.0143. The predicted octanol–water partition coefficient (Wildman–Crippen LogP) is 2.86. The number of rotatable bonds is 5. The zero-order valence-electron chi connectivity index (χ0n) is 16.1. The summed E-state index contributed by atoms with van der Waals surface area (Å²) in [5, 5.41) is 5.40. The molecule has 6 nitrogen and oxygen atoms in total. The lowest BCUT2D eigenvalue weighted by Crippen LogP contribution is -2.54. The number of halogens is 3. The molecule has 9 heteroatoms. The SMILES string of the molecule is CC1CCCCC12NC(=O)N(CC(=O)NCCc1ccc(C(F)(F)F)cc1)C2=O. The fourth-order valence-corrected chi connectivity index (χ4v) is 4.05. The van der Waals surface area contributed by atoms with Crippen molar-refractivity contribution in [3.8, 4) is 0 Å². The summed E-state index contributed by atoms with van der Waals surface area (Å²) in [5.74, 6) is -0.825. The average Bonchev–Trinajstić information content (AvgIpc) is 2.89. The molecule has 1 aromatic rings. The van der Waals surface area contributed by atoms with Crippen molar-refractivity contribution in [2.45, 2.75) is 50.7 Å². The molecule has 2 N–H and O–H groups in total. The number of amides is 4. The van der Waals surface area contributed by atoms with E-state index in [1.165, 1.54) is 12.1 Å². The van der Waals surface area contributed by atoms with Crippen molar-refractivity contribution in [2.24, 2.45) is 5.92 Å². The minimum atomic E-state index is -4.39. The largest absolute Gasteiger partial charge is 0.416 e. The molecule has 1 saturated carbocycles. The Kier molecular flexibility index (Phi) is 5.86. The Morgan fingerprint density at radius 2 is 1.93 bits per heavy atom. The Morgan fingerprint density at radius 3 is 2.55 bits per heavy atom. The lowest BCUT2D eigenvalue weighted by molar-refractivity contribution is -0.137. The quantitative estimate of drug-likeness (QED) is 0.732. The molecule has 29 heavy (non-hydrogen) atoms. The molecule has 2 atom stereocenters. The molecule has 1 spiro atoms. The lowest BCUT2D eigenvalue weighted by Gasteiger charge is -2.36. The van der Waals surface area contributed by atoms with Crippen molar-refractivity contribution in [2.75, 3.05) is 13.1 Å². The number of nitrogens with zero attached hydrogens (tertiary/aromatic N) is 1. The minimum Gasteiger partial charge on any atom is -0.354 e. The Labute approximate surface area is 166 Å². The van der Waals surface area contributed by atoms with Gasteiger partial charge in [-0.15, -0.1) is 0 Å². The molecule has 1 aliphatic heterocycles. The number of carbonyl (C=O) groups is 3. The van der Waals surface area contributed by atoms with Crippen molar-refractivity contribution >= 4 is 17.8 Å². The number of alkyl halides is 3. The summed E-state index contributed by atoms with van der Waals surface area (Å²) in [4.78, 5) is 38.2. The van der Waals surface area contributed by atoms with Crippen LogP contribution < -0.4 is 10.6 Å². The first-order chi connectivity index (χ1) is 13.6. The summed E-state index contributed by atoms with van der Waals surface area (Å²) >= 11 is 0. The topological polar surface area (TPSA) is 78.5 Å². The van der Waals surface area contributed by atoms with Crippen molar-refractivity contribution in [3.63, 3.8) is 0 Å². The molecule has 0 radical (unpaired) electrons. The van der Waals surface area contributed by atoms with Gasteiger partial charge < -0.3 is 10.6 Å². The van der Waals surface area contributed by atoms with E-state index in [-0.39, 0.29) is 24.9 Å². The zero-order valence-corrected chi connectivity index (χ0v) is 16.1. The molecular formula is C20H24F3N3O3. The monoisotopic (exact) mass is 411 g/mol. The van der Waals surface area contributed by atoms with Crippen LogP contribution in [-0.4, -0.2) is 41.4 Å². The van der Waals surface area contributed by atoms with E-state index < -0.39 is 29.2 Å². The summed E-state index contributed by atoms with van der Waals surface area (Å²) in [5.41, 5.74) is -0.992. The maximum Gasteiger partial charge on any atom is 0.416 e. The maximum absolute atomic E-state index is 12.8. The number of imide groups is 1. The highest BCUT2D eigenvalue weighted by molar-refractivity contribution is 6.09. The van der Waals surface area contributed by atoms with E-state index in [0.717, 1.165) is 36.3 Å². The third-order valence-corrected chi connectivity index (χ3v) is 5.82. The molecule has 0 bridgehead atoms. The highest BCUT2D eigenvalue weighted by atomic mass is 19.4. The molecule has 4 amide bonds. The van der Waals surface area contributed by atoms with E-state index >= 15 is 0 Å². The standard InChI is InChI=1S/C20H24F3N3O3/c1-13-4-2-3-10-19(13)17(28)26(18(29)25-19)12-16(27)24-11-9-14-5-7-15(8-6-14)20(21,22)23/h5-8,13H,2-4,9-12H2,1H3,(H,24,27)(H,25,29). The molecule has 1 aliphatic carbocycles. The molecule has 2 fully saturated rings. The number of urea groups is 1. The van der Waals surface area contributed by atoms with Crippen LogP contribution in [0, 0.1) is 5.92 Å². The Hall–Kier alpha value is -2.58. The van der Waals surface area contributed by atoms with Crippen LogP contribution in [0.15, 0.2) is 24.3 Å². The molecule has 3 rings (SSSR count). The van der Waals surface area contributed by atoms with Crippen LogP contribution in [0.3, 0.4) is 0 Å². The van der Waals surface area contributed by atoms with Gasteiger partial charge in [0, 0.05) is 6.54 Å². The van der Waals surface area contributed by atoms with E-state index in [1.54, 1.807) is 0 Å². The number of carbonyl (C=O) groups excluding carboxylic acids is 3. The Bertz CT molecular complexity index is 794. The van der Waals surface area contributed by atoms with Gasteiger partial charge in [0.1, 0.15) is 12.1 Å². The number of benzene rings is 1. The molecule has 1 aromatic carbocycles. The highest BCUT2D eigenvalue weighted by Gasteiger charge is 2.55. The van der Waals surface area contributed by atoms with Gasteiger partial charge in [-0.25, -0.2) is 4.79 Å². The van der Waals surface area contributed by atoms with Crippen molar-refractivity contribution in [3.05, 3.63) is 35.4 Å². The van der Waals surface area contributed by atoms with Crippen LogP contribution in [0.4, 0.5) is 18.0 Å². The van der Waals surface area contributed by atoms with Crippen LogP contribution in [0.25, 0.3) is 0 Å². The van der Waals surface area contributed by atoms with Crippen LogP contribution in [0.5, 0.6) is 0 Å². The van der Waals surface area contributed by atoms with Crippen molar-refractivity contribution < 1.29 is 27.6 Å². The molecule has 2 unspecified atom stereocenters. The van der Waals surface area contributed by atoms with E-state index in [2.05, 4.69) is 10.6 Å². The first kappa shape index (κ1) is 21.1. The second-order valence-electron chi connectivity index (χ2n) is 7.73. The molecule has 158 valence electrons. The Morgan fingerprint density at radius 1 is 1.24 bits per heavy atom. The van der Waals surface area contributed by atoms with Gasteiger partial charge in [0.25, 0.3) is 5.91 Å². The van der Waals surface area contributed by atoms with Crippen LogP contribution in [0.2, 0.25) is 0 Å². The van der Waals surface area contributed by atoms with Gasteiger partial charge >= 0.3 is 12.2 Å². The smallest absolute Gasteiger partial charge is 0.354 e. The van der Waals surface area contributed by atoms with Gasteiger partial charge in [0.2, 0.25) is 5.91 Å². The molecule has 2 aliphatic rings. The van der Waals surface area contributed by atoms with Gasteiger partial charge in [-0.2, -0.15) is 13.2 Å². The number of hydrogen-bond donors (Lipinski definition) is 2. The highest BCUT2D eigenvalue weighted by Crippen LogP contribution is 2.38. The normalized spacial score (nSPS) is 24.7. The van der Waals surface area contributed by atoms with Gasteiger partial charge in [0.15, 0.2) is 0 Å². The zero-order chi connectivity index (χ0) is 21.2. The summed E-state index contributed by atoms with van der Waals surface area (Å²) < 4.78 is 37.7. The summed E-state index contributed by atoms with van der Waals surface area (Å²) in [6, 6.07) is 4.16. The van der Waals surface area contributed by atoms with Gasteiger partial charge in [-0.3, -0.25) is 14.5 Å². The predicted molar refractivity (Wildman–Crippen MR) is 98.8 cm³/mol. The van der Waals surface area contributed by atoms with Gasteiger partial charge in [-0.1, -0.05) is 31.9 Å². The van der Waals surface area contributed by atoms with E-state index in [1.807, 2.05) is 6.92 Å². The lowest BCUT2D eigenvalue weighted by atomic mass is 9.73. The van der Waals surface area contributed by atoms with E-state index in [9.17, 15) is 27.6 Å². The average molecular weight is 411 g/mol. The van der Waals surface area contributed by atoms with Gasteiger partial charge in [-0.05, 0) is 42.9 Å². The van der Waals surface area contributed by atoms with Crippen molar-refractivity contribution in [1.82, 2.24) is 15.5 Å². The molecule has 1 saturated heterocycles. The van der Waals surface area contributed by atoms with Crippen LogP contribution in [0.1, 0.15) is 43.7 Å². The summed E-state index contributed by atoms with van der Waals surface area (Å²) in [6.45, 7) is 1.76. The van der Waals surface area contributed by atoms with Crippen LogP contribution >= 0.6 is 0 Å². The fraction of sp³-hybridized carbons (Fsp3) is 0.550. The van der Waals surface area contributed by atoms with Crippen LogP contribution in [-0.2, 0) is 22.2 Å². The third-order valence-electron chi connectivity index (χ3n) is 5.82. The molecular weight excluding hydrogens is 387 g/mol. The molecule has 1 heterocycles. The summed E-state index contributed by atoms with van der Waals surface area (Å²) in [7, 11) is 0. The number of hydrogen-bond acceptors (Lipinski definition) is 3. The summed E-state index contributed by atoms with van der Waals surface area (Å²) in [6.07, 6.45) is -0.766. The van der Waals surface area contributed by atoms with E-state index in [4.69, 9.17) is 0 Å². The second-order valence-corrected chi connectivity index (χ2v) is 7.73.